The summed E-state index contributed by atoms with van der Waals surface area (Å²) in [5.74, 6) is 0. The topological polar surface area (TPSA) is 60.8 Å². The highest BCUT2D eigenvalue weighted by Gasteiger charge is 2.36. The van der Waals surface area contributed by atoms with Crippen molar-refractivity contribution in [3.05, 3.63) is 10.4 Å². The number of rotatable bonds is 2. The van der Waals surface area contributed by atoms with Gasteiger partial charge in [0.15, 0.2) is 0 Å². The standard InChI is InChI=1S/C6H12N4/c1-6(2)4-8-5(6)3-9-10-7/h5,8H,3-4H2,1-2H3. The van der Waals surface area contributed by atoms with Crippen LogP contribution in [0.5, 0.6) is 0 Å². The van der Waals surface area contributed by atoms with Gasteiger partial charge in [-0.25, -0.2) is 0 Å². The van der Waals surface area contributed by atoms with Gasteiger partial charge in [0.25, 0.3) is 0 Å². The molecule has 0 aromatic rings. The third-order valence-corrected chi connectivity index (χ3v) is 2.07. The van der Waals surface area contributed by atoms with E-state index in [1.807, 2.05) is 0 Å². The van der Waals surface area contributed by atoms with Crippen LogP contribution in [0.4, 0.5) is 0 Å². The van der Waals surface area contributed by atoms with Crippen LogP contribution in [0.25, 0.3) is 10.4 Å². The second-order valence-electron chi connectivity index (χ2n) is 3.34. The fraction of sp³-hybridized carbons (Fsp3) is 1.00. The van der Waals surface area contributed by atoms with Gasteiger partial charge in [0.1, 0.15) is 0 Å². The molecule has 0 bridgehead atoms. The lowest BCUT2D eigenvalue weighted by Crippen LogP contribution is -2.60. The molecule has 0 aromatic carbocycles. The van der Waals surface area contributed by atoms with Gasteiger partial charge in [-0.1, -0.05) is 19.0 Å². The normalized spacial score (nSPS) is 28.4. The van der Waals surface area contributed by atoms with Crippen LogP contribution in [-0.4, -0.2) is 19.1 Å². The molecular formula is C6H12N4. The Hall–Kier alpha value is -0.730. The van der Waals surface area contributed by atoms with Crippen LogP contribution in [0, 0.1) is 5.41 Å². The van der Waals surface area contributed by atoms with Crippen molar-refractivity contribution < 1.29 is 0 Å². The molecule has 1 atom stereocenters. The highest BCUT2D eigenvalue weighted by atomic mass is 15.2. The molecule has 1 fully saturated rings. The predicted octanol–water partition coefficient (Wildman–Crippen LogP) is 1.29. The first-order valence-electron chi connectivity index (χ1n) is 3.41. The summed E-state index contributed by atoms with van der Waals surface area (Å²) >= 11 is 0. The van der Waals surface area contributed by atoms with Crippen molar-refractivity contribution in [2.45, 2.75) is 19.9 Å². The van der Waals surface area contributed by atoms with Crippen molar-refractivity contribution in [2.24, 2.45) is 10.5 Å². The molecule has 0 amide bonds. The van der Waals surface area contributed by atoms with Crippen molar-refractivity contribution in [3.63, 3.8) is 0 Å². The van der Waals surface area contributed by atoms with Crippen molar-refractivity contribution in [3.8, 4) is 0 Å². The third kappa shape index (κ3) is 1.23. The Bertz CT molecular complexity index is 169. The quantitative estimate of drug-likeness (QED) is 0.350. The van der Waals surface area contributed by atoms with E-state index in [1.165, 1.54) is 0 Å². The maximum Gasteiger partial charge on any atom is 0.0417 e. The van der Waals surface area contributed by atoms with E-state index in [4.69, 9.17) is 5.53 Å². The largest absolute Gasteiger partial charge is 0.313 e. The molecular weight excluding hydrogens is 128 g/mol. The summed E-state index contributed by atoms with van der Waals surface area (Å²) in [6, 6.07) is 0.378. The molecule has 1 rings (SSSR count). The van der Waals surface area contributed by atoms with E-state index in [2.05, 4.69) is 29.2 Å². The molecule has 0 radical (unpaired) electrons. The molecule has 4 heteroatoms. The smallest absolute Gasteiger partial charge is 0.0417 e. The molecule has 0 aliphatic carbocycles. The first-order chi connectivity index (χ1) is 4.67. The minimum atomic E-state index is 0.314. The van der Waals surface area contributed by atoms with Crippen molar-refractivity contribution in [2.75, 3.05) is 13.1 Å². The van der Waals surface area contributed by atoms with Crippen LogP contribution < -0.4 is 5.32 Å². The van der Waals surface area contributed by atoms with Gasteiger partial charge in [-0.2, -0.15) is 0 Å². The molecule has 1 heterocycles. The van der Waals surface area contributed by atoms with Gasteiger partial charge in [-0.05, 0) is 10.9 Å². The lowest BCUT2D eigenvalue weighted by atomic mass is 9.77. The van der Waals surface area contributed by atoms with Crippen molar-refractivity contribution >= 4 is 0 Å². The van der Waals surface area contributed by atoms with E-state index in [9.17, 15) is 0 Å². The van der Waals surface area contributed by atoms with E-state index in [-0.39, 0.29) is 0 Å². The zero-order valence-corrected chi connectivity index (χ0v) is 6.33. The summed E-state index contributed by atoms with van der Waals surface area (Å²) < 4.78 is 0. The molecule has 0 spiro atoms. The Balaban J connectivity index is 2.37. The monoisotopic (exact) mass is 140 g/mol. The van der Waals surface area contributed by atoms with Crippen molar-refractivity contribution in [1.82, 2.24) is 5.32 Å². The summed E-state index contributed by atoms with van der Waals surface area (Å²) in [6.45, 7) is 5.93. The molecule has 4 nitrogen and oxygen atoms in total. The minimum absolute atomic E-state index is 0.314. The molecule has 10 heavy (non-hydrogen) atoms. The first-order valence-corrected chi connectivity index (χ1v) is 3.41. The molecule has 56 valence electrons. The third-order valence-electron chi connectivity index (χ3n) is 2.07. The molecule has 1 N–H and O–H groups in total. The van der Waals surface area contributed by atoms with Crippen LogP contribution in [0.2, 0.25) is 0 Å². The second kappa shape index (κ2) is 2.48. The number of azide groups is 1. The number of hydrogen-bond donors (Lipinski definition) is 1. The van der Waals surface area contributed by atoms with Crippen LogP contribution in [0.15, 0.2) is 5.11 Å². The maximum atomic E-state index is 8.04. The van der Waals surface area contributed by atoms with Crippen LogP contribution >= 0.6 is 0 Å². The van der Waals surface area contributed by atoms with Gasteiger partial charge in [0.2, 0.25) is 0 Å². The molecule has 0 saturated carbocycles. The fourth-order valence-electron chi connectivity index (χ4n) is 1.08. The van der Waals surface area contributed by atoms with Crippen LogP contribution in [0.1, 0.15) is 13.8 Å². The van der Waals surface area contributed by atoms with E-state index < -0.39 is 0 Å². The maximum absolute atomic E-state index is 8.04. The fourth-order valence-corrected chi connectivity index (χ4v) is 1.08. The van der Waals surface area contributed by atoms with Gasteiger partial charge in [-0.3, -0.25) is 0 Å². The average Bonchev–Trinajstić information content (AvgIpc) is 1.87. The Morgan fingerprint density at radius 1 is 1.80 bits per heavy atom. The van der Waals surface area contributed by atoms with E-state index in [0.29, 0.717) is 18.0 Å². The van der Waals surface area contributed by atoms with E-state index >= 15 is 0 Å². The average molecular weight is 140 g/mol. The van der Waals surface area contributed by atoms with Gasteiger partial charge in [0, 0.05) is 24.0 Å². The molecule has 1 saturated heterocycles. The molecule has 1 unspecified atom stereocenters. The zero-order chi connectivity index (χ0) is 7.61. The van der Waals surface area contributed by atoms with Gasteiger partial charge < -0.3 is 5.32 Å². The SMILES string of the molecule is CC1(C)CNC1CN=[N+]=[N-]. The Morgan fingerprint density at radius 3 is 2.80 bits per heavy atom. The van der Waals surface area contributed by atoms with Crippen molar-refractivity contribution in [1.29, 1.82) is 0 Å². The Morgan fingerprint density at radius 2 is 2.50 bits per heavy atom. The lowest BCUT2D eigenvalue weighted by Gasteiger charge is -2.45. The number of hydrogen-bond acceptors (Lipinski definition) is 2. The molecule has 0 aromatic heterocycles. The van der Waals surface area contributed by atoms with Crippen LogP contribution in [-0.2, 0) is 0 Å². The Labute approximate surface area is 60.2 Å². The summed E-state index contributed by atoms with van der Waals surface area (Å²) in [4.78, 5) is 2.71. The summed E-state index contributed by atoms with van der Waals surface area (Å²) in [7, 11) is 0. The summed E-state index contributed by atoms with van der Waals surface area (Å²) in [5.41, 5.74) is 8.35. The lowest BCUT2D eigenvalue weighted by molar-refractivity contribution is 0.134. The summed E-state index contributed by atoms with van der Waals surface area (Å²) in [5, 5.41) is 6.71. The highest BCUT2D eigenvalue weighted by molar-refractivity contribution is 4.96. The zero-order valence-electron chi connectivity index (χ0n) is 6.33. The first kappa shape index (κ1) is 7.38. The summed E-state index contributed by atoms with van der Waals surface area (Å²) in [6.07, 6.45) is 0. The van der Waals surface area contributed by atoms with E-state index in [1.54, 1.807) is 0 Å². The number of nitrogens with one attached hydrogen (secondary N) is 1. The molecule has 1 aliphatic heterocycles. The van der Waals surface area contributed by atoms with Gasteiger partial charge >= 0.3 is 0 Å². The molecule has 1 aliphatic rings. The minimum Gasteiger partial charge on any atom is -0.313 e. The highest BCUT2D eigenvalue weighted by Crippen LogP contribution is 2.27. The predicted molar refractivity (Wildman–Crippen MR) is 39.6 cm³/mol. The number of nitrogens with zero attached hydrogens (tertiary/aromatic N) is 3. The Kier molecular flexibility index (Phi) is 1.83. The van der Waals surface area contributed by atoms with Crippen LogP contribution in [0.3, 0.4) is 0 Å². The second-order valence-corrected chi connectivity index (χ2v) is 3.34. The van der Waals surface area contributed by atoms with E-state index in [0.717, 1.165) is 6.54 Å². The van der Waals surface area contributed by atoms with Gasteiger partial charge in [-0.15, -0.1) is 0 Å². The van der Waals surface area contributed by atoms with Gasteiger partial charge in [0.05, 0.1) is 0 Å².